The number of anilines is 1. The number of rotatable bonds is 6. The van der Waals surface area contributed by atoms with Crippen LogP contribution in [0.2, 0.25) is 0 Å². The zero-order valence-corrected chi connectivity index (χ0v) is 12.8. The van der Waals surface area contributed by atoms with E-state index in [2.05, 4.69) is 27.8 Å². The van der Waals surface area contributed by atoms with Gasteiger partial charge in [0.05, 0.1) is 0 Å². The fourth-order valence-electron chi connectivity index (χ4n) is 2.06. The Labute approximate surface area is 124 Å². The summed E-state index contributed by atoms with van der Waals surface area (Å²) in [5, 5.41) is 15.9. The Morgan fingerprint density at radius 1 is 1.53 bits per heavy atom. The predicted octanol–water partition coefficient (Wildman–Crippen LogP) is 2.38. The van der Waals surface area contributed by atoms with Gasteiger partial charge in [-0.1, -0.05) is 24.7 Å². The highest BCUT2D eigenvalue weighted by Crippen LogP contribution is 2.18. The molecule has 1 amide bonds. The highest BCUT2D eigenvalue weighted by atomic mass is 35.5. The highest BCUT2D eigenvalue weighted by Gasteiger charge is 2.18. The Hall–Kier alpha value is -0.720. The smallest absolute Gasteiger partial charge is 0.227 e. The van der Waals surface area contributed by atoms with Crippen LogP contribution in [0, 0.1) is 0 Å². The quantitative estimate of drug-likeness (QED) is 0.847. The number of nitrogens with zero attached hydrogens (tertiary/aromatic N) is 2. The van der Waals surface area contributed by atoms with Crippen molar-refractivity contribution in [1.29, 1.82) is 0 Å². The molecule has 7 heteroatoms. The predicted molar refractivity (Wildman–Crippen MR) is 80.0 cm³/mol. The maximum atomic E-state index is 11.8. The van der Waals surface area contributed by atoms with Crippen LogP contribution in [0.4, 0.5) is 5.13 Å². The summed E-state index contributed by atoms with van der Waals surface area (Å²) in [6, 6.07) is 0.331. The van der Waals surface area contributed by atoms with Crippen molar-refractivity contribution in [2.24, 2.45) is 0 Å². The number of amides is 1. The summed E-state index contributed by atoms with van der Waals surface area (Å²) in [6.07, 6.45) is 6.00. The summed E-state index contributed by atoms with van der Waals surface area (Å²) < 4.78 is 0. The van der Waals surface area contributed by atoms with Gasteiger partial charge in [0, 0.05) is 18.9 Å². The standard InChI is InChI=1S/C12H20N4OS.ClH/c1-2-3-6-11-15-16-12(18-11)14-10(17)8-9-5-4-7-13-9;/h9,13H,2-8H2,1H3,(H,14,16,17);1H. The molecule has 2 rings (SSSR count). The van der Waals surface area contributed by atoms with Crippen LogP contribution < -0.4 is 10.6 Å². The van der Waals surface area contributed by atoms with Gasteiger partial charge in [0.2, 0.25) is 11.0 Å². The van der Waals surface area contributed by atoms with Crippen molar-refractivity contribution in [3.8, 4) is 0 Å². The van der Waals surface area contributed by atoms with Gasteiger partial charge in [-0.25, -0.2) is 0 Å². The third kappa shape index (κ3) is 5.42. The maximum absolute atomic E-state index is 11.8. The van der Waals surface area contributed by atoms with Crippen molar-refractivity contribution in [2.75, 3.05) is 11.9 Å². The van der Waals surface area contributed by atoms with Gasteiger partial charge < -0.3 is 10.6 Å². The number of aryl methyl sites for hydroxylation is 1. The molecule has 0 aromatic carbocycles. The van der Waals surface area contributed by atoms with Crippen molar-refractivity contribution >= 4 is 34.8 Å². The molecule has 0 radical (unpaired) electrons. The lowest BCUT2D eigenvalue weighted by molar-refractivity contribution is -0.116. The van der Waals surface area contributed by atoms with E-state index in [-0.39, 0.29) is 18.3 Å². The molecule has 1 aliphatic heterocycles. The molecule has 1 aliphatic rings. The van der Waals surface area contributed by atoms with Crippen molar-refractivity contribution in [1.82, 2.24) is 15.5 Å². The van der Waals surface area contributed by atoms with Gasteiger partial charge in [0.1, 0.15) is 5.01 Å². The lowest BCUT2D eigenvalue weighted by atomic mass is 10.1. The van der Waals surface area contributed by atoms with Crippen LogP contribution >= 0.6 is 23.7 Å². The Bertz CT molecular complexity index is 393. The van der Waals surface area contributed by atoms with Gasteiger partial charge >= 0.3 is 0 Å². The number of nitrogens with one attached hydrogen (secondary N) is 2. The fourth-order valence-corrected chi connectivity index (χ4v) is 2.86. The minimum atomic E-state index is 0. The second kappa shape index (κ2) is 8.45. The number of carbonyl (C=O) groups is 1. The van der Waals surface area contributed by atoms with Crippen LogP contribution in [0.3, 0.4) is 0 Å². The third-order valence-corrected chi connectivity index (χ3v) is 3.95. The molecule has 1 fully saturated rings. The summed E-state index contributed by atoms with van der Waals surface area (Å²) >= 11 is 1.48. The first-order chi connectivity index (χ1) is 8.78. The molecule has 1 aromatic heterocycles. The molecule has 0 saturated carbocycles. The maximum Gasteiger partial charge on any atom is 0.227 e. The Balaban J connectivity index is 0.00000180. The molecular weight excluding hydrogens is 284 g/mol. The number of carbonyl (C=O) groups excluding carboxylic acids is 1. The van der Waals surface area contributed by atoms with Crippen LogP contribution in [0.1, 0.15) is 44.0 Å². The SMILES string of the molecule is CCCCc1nnc(NC(=O)CC2CCCN2)s1.Cl. The van der Waals surface area contributed by atoms with Gasteiger partial charge in [-0.2, -0.15) is 0 Å². The first-order valence-corrected chi connectivity index (χ1v) is 7.45. The summed E-state index contributed by atoms with van der Waals surface area (Å²) in [5.41, 5.74) is 0. The molecule has 1 aromatic rings. The van der Waals surface area contributed by atoms with E-state index in [0.29, 0.717) is 17.6 Å². The van der Waals surface area contributed by atoms with E-state index in [4.69, 9.17) is 0 Å². The largest absolute Gasteiger partial charge is 0.313 e. The average molecular weight is 305 g/mol. The molecule has 0 aliphatic carbocycles. The first-order valence-electron chi connectivity index (χ1n) is 6.63. The molecule has 1 unspecified atom stereocenters. The second-order valence-corrected chi connectivity index (χ2v) is 5.71. The van der Waals surface area contributed by atoms with E-state index in [1.807, 2.05) is 0 Å². The van der Waals surface area contributed by atoms with Crippen LogP contribution in [-0.4, -0.2) is 28.7 Å². The monoisotopic (exact) mass is 304 g/mol. The van der Waals surface area contributed by atoms with Gasteiger partial charge in [-0.05, 0) is 25.8 Å². The van der Waals surface area contributed by atoms with Crippen molar-refractivity contribution in [2.45, 2.75) is 51.5 Å². The second-order valence-electron chi connectivity index (χ2n) is 4.65. The molecule has 108 valence electrons. The molecule has 1 saturated heterocycles. The summed E-state index contributed by atoms with van der Waals surface area (Å²) in [5.74, 6) is 0.0348. The van der Waals surface area contributed by atoms with Gasteiger partial charge in [-0.15, -0.1) is 22.6 Å². The van der Waals surface area contributed by atoms with Crippen LogP contribution in [0.25, 0.3) is 0 Å². The van der Waals surface area contributed by atoms with E-state index in [0.717, 1.165) is 43.7 Å². The van der Waals surface area contributed by atoms with E-state index >= 15 is 0 Å². The zero-order valence-electron chi connectivity index (χ0n) is 11.1. The summed E-state index contributed by atoms with van der Waals surface area (Å²) in [7, 11) is 0. The van der Waals surface area contributed by atoms with E-state index in [1.54, 1.807) is 0 Å². The molecule has 19 heavy (non-hydrogen) atoms. The van der Waals surface area contributed by atoms with Crippen LogP contribution in [-0.2, 0) is 11.2 Å². The zero-order chi connectivity index (χ0) is 12.8. The topological polar surface area (TPSA) is 66.9 Å². The highest BCUT2D eigenvalue weighted by molar-refractivity contribution is 7.15. The molecule has 5 nitrogen and oxygen atoms in total. The Morgan fingerprint density at radius 3 is 3.05 bits per heavy atom. The molecule has 1 atom stereocenters. The number of halogens is 1. The summed E-state index contributed by atoms with van der Waals surface area (Å²) in [4.78, 5) is 11.8. The summed E-state index contributed by atoms with van der Waals surface area (Å²) in [6.45, 7) is 3.18. The first kappa shape index (κ1) is 16.3. The Morgan fingerprint density at radius 2 is 2.37 bits per heavy atom. The van der Waals surface area contributed by atoms with Gasteiger partial charge in [-0.3, -0.25) is 4.79 Å². The van der Waals surface area contributed by atoms with Crippen molar-refractivity contribution in [3.63, 3.8) is 0 Å². The number of hydrogen-bond donors (Lipinski definition) is 2. The average Bonchev–Trinajstić information content (AvgIpc) is 2.98. The van der Waals surface area contributed by atoms with E-state index in [1.165, 1.54) is 11.3 Å². The fraction of sp³-hybridized carbons (Fsp3) is 0.750. The third-order valence-electron chi connectivity index (χ3n) is 3.05. The lowest BCUT2D eigenvalue weighted by Crippen LogP contribution is -2.27. The molecule has 2 N–H and O–H groups in total. The molecule has 0 bridgehead atoms. The van der Waals surface area contributed by atoms with Crippen LogP contribution in [0.15, 0.2) is 0 Å². The molecule has 2 heterocycles. The number of hydrogen-bond acceptors (Lipinski definition) is 5. The van der Waals surface area contributed by atoms with Crippen LogP contribution in [0.5, 0.6) is 0 Å². The van der Waals surface area contributed by atoms with Crippen molar-refractivity contribution in [3.05, 3.63) is 5.01 Å². The van der Waals surface area contributed by atoms with Crippen molar-refractivity contribution < 1.29 is 4.79 Å². The Kier molecular flexibility index (Phi) is 7.27. The number of aromatic nitrogens is 2. The molecule has 0 spiro atoms. The number of unbranched alkanes of at least 4 members (excludes halogenated alkanes) is 1. The molecular formula is C12H21ClN4OS. The lowest BCUT2D eigenvalue weighted by Gasteiger charge is -2.08. The normalized spacial score (nSPS) is 18.1. The van der Waals surface area contributed by atoms with Gasteiger partial charge in [0.25, 0.3) is 0 Å². The minimum absolute atomic E-state index is 0. The van der Waals surface area contributed by atoms with E-state index < -0.39 is 0 Å². The minimum Gasteiger partial charge on any atom is -0.313 e. The van der Waals surface area contributed by atoms with Gasteiger partial charge in [0.15, 0.2) is 0 Å². The van der Waals surface area contributed by atoms with E-state index in [9.17, 15) is 4.79 Å².